The molecule has 0 bridgehead atoms. The van der Waals surface area contributed by atoms with Crippen LogP contribution in [0.25, 0.3) is 0 Å². The van der Waals surface area contributed by atoms with Gasteiger partial charge in [0, 0.05) is 0 Å². The second kappa shape index (κ2) is 9.74. The fourth-order valence-electron chi connectivity index (χ4n) is 3.37. The Morgan fingerprint density at radius 3 is 2.78 bits per heavy atom. The normalized spacial score (nSPS) is 31.1. The number of halogens is 2. The molecule has 1 aliphatic carbocycles. The van der Waals surface area contributed by atoms with Gasteiger partial charge in [0.25, 0.3) is 0 Å². The van der Waals surface area contributed by atoms with Crippen molar-refractivity contribution in [3.05, 3.63) is 58.3 Å². The molecular weight excluding hydrogens is 479 g/mol. The van der Waals surface area contributed by atoms with Crippen LogP contribution in [0.1, 0.15) is 41.9 Å². The van der Waals surface area contributed by atoms with Crippen molar-refractivity contribution in [1.29, 1.82) is 0 Å². The zero-order valence-electron chi connectivity index (χ0n) is 15.6. The third-order valence-corrected chi connectivity index (χ3v) is 8.39. The Kier molecular flexibility index (Phi) is 7.62. The second-order valence-electron chi connectivity index (χ2n) is 6.84. The van der Waals surface area contributed by atoms with Crippen molar-refractivity contribution in [2.75, 3.05) is 6.61 Å². The fourth-order valence-corrected chi connectivity index (χ4v) is 6.47. The second-order valence-corrected chi connectivity index (χ2v) is 10.4. The maximum atomic E-state index is 10.2. The van der Waals surface area contributed by atoms with Gasteiger partial charge in [-0.2, -0.15) is 0 Å². The topological polar surface area (TPSA) is 58.9 Å². The first-order valence-electron chi connectivity index (χ1n) is 9.44. The van der Waals surface area contributed by atoms with Crippen LogP contribution in [0.2, 0.25) is 5.02 Å². The van der Waals surface area contributed by atoms with Gasteiger partial charge in [0.15, 0.2) is 0 Å². The van der Waals surface area contributed by atoms with E-state index in [1.165, 1.54) is 0 Å². The molecule has 2 aliphatic rings. The molecule has 0 spiro atoms. The van der Waals surface area contributed by atoms with Gasteiger partial charge in [0.05, 0.1) is 0 Å². The summed E-state index contributed by atoms with van der Waals surface area (Å²) in [5, 5.41) is 21.1. The van der Waals surface area contributed by atoms with E-state index in [0.717, 1.165) is 34.8 Å². The van der Waals surface area contributed by atoms with Gasteiger partial charge in [-0.25, -0.2) is 0 Å². The van der Waals surface area contributed by atoms with E-state index < -0.39 is 31.4 Å². The monoisotopic (exact) mass is 505 g/mol. The number of aliphatic hydroxyl groups is 2. The molecule has 1 aromatic carbocycles. The van der Waals surface area contributed by atoms with Crippen molar-refractivity contribution in [2.45, 2.75) is 53.5 Å². The standard InChI is InChI=1S/C21H27ClIO4/c1-3-18-19(24)20(25)23-21(27-18)14-7-10-17(22)15(12-14)11-13-5-8-16(9-6-13)26-4-2/h5,7-10,12-13,18-21,24-25H,3-4,6,11H2,1-2H3/q-1/t13?,18-,19?,20+,21+/m1/s1. The Labute approximate surface area is 176 Å². The summed E-state index contributed by atoms with van der Waals surface area (Å²) in [6.45, 7) is 4.63. The Morgan fingerprint density at radius 2 is 2.11 bits per heavy atom. The Bertz CT molecular complexity index is 705. The van der Waals surface area contributed by atoms with Crippen LogP contribution < -0.4 is 21.2 Å². The number of rotatable bonds is 6. The minimum atomic E-state index is -0.774. The van der Waals surface area contributed by atoms with Crippen molar-refractivity contribution in [3.8, 4) is 0 Å². The van der Waals surface area contributed by atoms with Crippen LogP contribution in [0, 0.1) is 5.92 Å². The average Bonchev–Trinajstić information content (AvgIpc) is 2.67. The van der Waals surface area contributed by atoms with E-state index in [4.69, 9.17) is 21.1 Å². The van der Waals surface area contributed by atoms with Gasteiger partial charge in [0.2, 0.25) is 0 Å². The predicted octanol–water partition coefficient (Wildman–Crippen LogP) is 0.955. The molecule has 0 amide bonds. The Morgan fingerprint density at radius 1 is 1.30 bits per heavy atom. The van der Waals surface area contributed by atoms with Crippen molar-refractivity contribution in [1.82, 2.24) is 0 Å². The summed E-state index contributed by atoms with van der Waals surface area (Å²) in [5.41, 5.74) is 2.15. The first-order valence-corrected chi connectivity index (χ1v) is 12.3. The summed E-state index contributed by atoms with van der Waals surface area (Å²) in [4.78, 5) is 0. The predicted molar refractivity (Wildman–Crippen MR) is 102 cm³/mol. The zero-order chi connectivity index (χ0) is 19.4. The van der Waals surface area contributed by atoms with E-state index in [2.05, 4.69) is 18.2 Å². The quantitative estimate of drug-likeness (QED) is 0.447. The SMILES string of the molecule is CCOC1=CCC(Cc2cc([C@@H]3O[C@H](CC)C(O)[C@H](O)[I-]3)ccc2Cl)C=C1. The van der Waals surface area contributed by atoms with Crippen LogP contribution in [0.4, 0.5) is 0 Å². The van der Waals surface area contributed by atoms with Gasteiger partial charge in [-0.1, -0.05) is 0 Å². The van der Waals surface area contributed by atoms with E-state index in [9.17, 15) is 10.2 Å². The van der Waals surface area contributed by atoms with E-state index >= 15 is 0 Å². The minimum absolute atomic E-state index is 0.116. The van der Waals surface area contributed by atoms with Crippen LogP contribution in [0.5, 0.6) is 0 Å². The van der Waals surface area contributed by atoms with Gasteiger partial charge in [-0.15, -0.1) is 0 Å². The molecule has 150 valence electrons. The van der Waals surface area contributed by atoms with Gasteiger partial charge >= 0.3 is 177 Å². The Hall–Kier alpha value is -0.600. The molecule has 0 saturated carbocycles. The van der Waals surface area contributed by atoms with E-state index in [-0.39, 0.29) is 10.2 Å². The van der Waals surface area contributed by atoms with Gasteiger partial charge < -0.3 is 0 Å². The Balaban J connectivity index is 1.71. The molecule has 4 nitrogen and oxygen atoms in total. The summed E-state index contributed by atoms with van der Waals surface area (Å²) in [6.07, 6.45) is 7.73. The number of aliphatic hydroxyl groups excluding tert-OH is 2. The molecule has 0 aromatic heterocycles. The zero-order valence-corrected chi connectivity index (χ0v) is 18.6. The molecule has 2 N–H and O–H groups in total. The molecule has 1 aliphatic heterocycles. The van der Waals surface area contributed by atoms with Crippen LogP contribution in [0.3, 0.4) is 0 Å². The van der Waals surface area contributed by atoms with Crippen LogP contribution in [-0.4, -0.2) is 33.1 Å². The molecule has 1 aromatic rings. The molecule has 0 radical (unpaired) electrons. The molecule has 3 rings (SSSR count). The number of benzene rings is 1. The summed E-state index contributed by atoms with van der Waals surface area (Å²) in [5.74, 6) is 1.33. The third kappa shape index (κ3) is 5.26. The van der Waals surface area contributed by atoms with Crippen LogP contribution >= 0.6 is 11.6 Å². The van der Waals surface area contributed by atoms with Gasteiger partial charge in [-0.3, -0.25) is 0 Å². The van der Waals surface area contributed by atoms with Gasteiger partial charge in [-0.05, 0) is 0 Å². The summed E-state index contributed by atoms with van der Waals surface area (Å²) >= 11 is 5.74. The number of alkyl halides is 2. The van der Waals surface area contributed by atoms with Crippen molar-refractivity contribution >= 4 is 11.6 Å². The van der Waals surface area contributed by atoms with Crippen LogP contribution in [0.15, 0.2) is 42.2 Å². The molecule has 5 atom stereocenters. The third-order valence-electron chi connectivity index (χ3n) is 4.88. The molecule has 6 heteroatoms. The molecular formula is C21H27ClIO4-. The summed E-state index contributed by atoms with van der Waals surface area (Å²) in [6, 6.07) is 6.02. The number of ether oxygens (including phenoxy) is 2. The number of hydrogen-bond acceptors (Lipinski definition) is 4. The van der Waals surface area contributed by atoms with E-state index in [1.807, 2.05) is 32.1 Å². The molecule has 27 heavy (non-hydrogen) atoms. The first-order chi connectivity index (χ1) is 13.0. The summed E-state index contributed by atoms with van der Waals surface area (Å²) < 4.78 is 10.8. The van der Waals surface area contributed by atoms with E-state index in [1.54, 1.807) is 0 Å². The maximum absolute atomic E-state index is 10.2. The number of hydrogen-bond donors (Lipinski definition) is 2. The van der Waals surface area contributed by atoms with Crippen molar-refractivity contribution < 1.29 is 40.9 Å². The average molecular weight is 506 g/mol. The van der Waals surface area contributed by atoms with Crippen molar-refractivity contribution in [3.63, 3.8) is 0 Å². The van der Waals surface area contributed by atoms with Gasteiger partial charge in [0.1, 0.15) is 0 Å². The number of allylic oxidation sites excluding steroid dienone is 3. The molecule has 1 fully saturated rings. The van der Waals surface area contributed by atoms with E-state index in [0.29, 0.717) is 18.9 Å². The van der Waals surface area contributed by atoms with Crippen molar-refractivity contribution in [2.24, 2.45) is 5.92 Å². The van der Waals surface area contributed by atoms with Crippen LogP contribution in [-0.2, 0) is 15.9 Å². The summed E-state index contributed by atoms with van der Waals surface area (Å²) in [7, 11) is 0. The fraction of sp³-hybridized carbons (Fsp3) is 0.524. The molecule has 1 saturated heterocycles. The first kappa shape index (κ1) is 21.1. The molecule has 1 heterocycles. The molecule has 2 unspecified atom stereocenters.